The van der Waals surface area contributed by atoms with Crippen LogP contribution < -0.4 is 0 Å². The zero-order chi connectivity index (χ0) is 14.3. The molecule has 0 aliphatic heterocycles. The van der Waals surface area contributed by atoms with E-state index in [-0.39, 0.29) is 27.1 Å². The minimum absolute atomic E-state index is 0.0306. The Morgan fingerprint density at radius 2 is 1.95 bits per heavy atom. The Hall–Kier alpha value is -1.12. The Balaban J connectivity index is 2.36. The van der Waals surface area contributed by atoms with E-state index >= 15 is 0 Å². The van der Waals surface area contributed by atoms with Gasteiger partial charge in [-0.05, 0) is 24.4 Å². The third kappa shape index (κ3) is 3.07. The van der Waals surface area contributed by atoms with E-state index in [9.17, 15) is 16.8 Å². The average Bonchev–Trinajstić information content (AvgIpc) is 2.85. The van der Waals surface area contributed by atoms with Crippen molar-refractivity contribution in [3.8, 4) is 0 Å². The van der Waals surface area contributed by atoms with Crippen LogP contribution in [0.5, 0.6) is 0 Å². The summed E-state index contributed by atoms with van der Waals surface area (Å²) >= 11 is 1.28. The fourth-order valence-corrected chi connectivity index (χ4v) is 4.89. The molecule has 0 aromatic carbocycles. The lowest BCUT2D eigenvalue weighted by molar-refractivity contribution is 0.488. The highest BCUT2D eigenvalue weighted by Gasteiger charge is 2.22. The number of hydrogen-bond acceptors (Lipinski definition) is 6. The summed E-state index contributed by atoms with van der Waals surface area (Å²) in [7, 11) is -6.91. The van der Waals surface area contributed by atoms with Crippen LogP contribution in [0.25, 0.3) is 0 Å². The van der Waals surface area contributed by atoms with Crippen LogP contribution in [0.3, 0.4) is 0 Å². The lowest BCUT2D eigenvalue weighted by atomic mass is 10.4. The normalized spacial score (nSPS) is 12.7. The highest BCUT2D eigenvalue weighted by Crippen LogP contribution is 2.24. The van der Waals surface area contributed by atoms with Crippen molar-refractivity contribution >= 4 is 31.0 Å². The quantitative estimate of drug-likeness (QED) is 0.861. The monoisotopic (exact) mass is 320 g/mol. The second-order valence-corrected chi connectivity index (χ2v) is 8.88. The minimum atomic E-state index is -3.50. The molecule has 0 aliphatic rings. The zero-order valence-corrected chi connectivity index (χ0v) is 12.7. The summed E-state index contributed by atoms with van der Waals surface area (Å²) in [5.74, 6) is -0.0118. The van der Waals surface area contributed by atoms with Crippen LogP contribution in [0.2, 0.25) is 0 Å². The van der Waals surface area contributed by atoms with E-state index in [2.05, 4.69) is 0 Å². The molecule has 0 aliphatic carbocycles. The number of hydrogen-bond donors (Lipinski definition) is 0. The first-order chi connectivity index (χ1) is 8.70. The van der Waals surface area contributed by atoms with E-state index in [4.69, 9.17) is 4.42 Å². The molecule has 0 spiro atoms. The molecule has 8 heteroatoms. The van der Waals surface area contributed by atoms with Crippen molar-refractivity contribution in [1.29, 1.82) is 0 Å². The first kappa shape index (κ1) is 14.3. The summed E-state index contributed by atoms with van der Waals surface area (Å²) in [5.41, 5.74) is 0. The van der Waals surface area contributed by atoms with Gasteiger partial charge in [-0.1, -0.05) is 0 Å². The zero-order valence-electron chi connectivity index (χ0n) is 10.3. The maximum atomic E-state index is 12.0. The highest BCUT2D eigenvalue weighted by molar-refractivity contribution is 7.91. The number of aryl methyl sites for hydroxylation is 1. The minimum Gasteiger partial charge on any atom is -0.464 e. The predicted octanol–water partition coefficient (Wildman–Crippen LogP) is 2.03. The number of thiophene rings is 1. The van der Waals surface area contributed by atoms with Crippen LogP contribution in [0.15, 0.2) is 37.1 Å². The van der Waals surface area contributed by atoms with Crippen LogP contribution in [0.4, 0.5) is 0 Å². The average molecular weight is 320 g/mol. The van der Waals surface area contributed by atoms with Crippen LogP contribution in [0, 0.1) is 6.92 Å². The third-order valence-electron chi connectivity index (χ3n) is 2.51. The van der Waals surface area contributed by atoms with Crippen LogP contribution >= 0.6 is 11.3 Å². The number of sulfone groups is 2. The van der Waals surface area contributed by atoms with Gasteiger partial charge in [0, 0.05) is 11.6 Å². The van der Waals surface area contributed by atoms with Gasteiger partial charge in [0.15, 0.2) is 19.7 Å². The highest BCUT2D eigenvalue weighted by atomic mass is 32.2. The fraction of sp³-hybridized carbons (Fsp3) is 0.273. The van der Waals surface area contributed by atoms with Crippen molar-refractivity contribution in [3.05, 3.63) is 34.4 Å². The van der Waals surface area contributed by atoms with Gasteiger partial charge in [0.1, 0.15) is 22.2 Å². The Labute approximate surface area is 115 Å². The lowest BCUT2D eigenvalue weighted by Gasteiger charge is -1.98. The van der Waals surface area contributed by atoms with Crippen LogP contribution in [-0.4, -0.2) is 23.1 Å². The fourth-order valence-electron chi connectivity index (χ4n) is 1.66. The van der Waals surface area contributed by atoms with Gasteiger partial charge in [0.25, 0.3) is 0 Å². The molecule has 0 N–H and O–H groups in total. The van der Waals surface area contributed by atoms with Gasteiger partial charge in [0.05, 0.1) is 4.90 Å². The van der Waals surface area contributed by atoms with Gasteiger partial charge in [0.2, 0.25) is 0 Å². The van der Waals surface area contributed by atoms with Crippen molar-refractivity contribution in [2.45, 2.75) is 22.5 Å². The molecule has 2 rings (SSSR count). The molecule has 19 heavy (non-hydrogen) atoms. The maximum Gasteiger partial charge on any atom is 0.186 e. The molecule has 0 amide bonds. The molecule has 0 saturated heterocycles. The summed E-state index contributed by atoms with van der Waals surface area (Å²) in [5, 5.41) is 3.20. The van der Waals surface area contributed by atoms with E-state index in [0.717, 1.165) is 6.26 Å². The van der Waals surface area contributed by atoms with Gasteiger partial charge >= 0.3 is 0 Å². The Morgan fingerprint density at radius 1 is 1.26 bits per heavy atom. The van der Waals surface area contributed by atoms with E-state index in [0.29, 0.717) is 0 Å². The Kier molecular flexibility index (Phi) is 3.59. The number of rotatable bonds is 4. The molecule has 0 atom stereocenters. The summed E-state index contributed by atoms with van der Waals surface area (Å²) < 4.78 is 52.2. The van der Waals surface area contributed by atoms with Gasteiger partial charge in [-0.25, -0.2) is 16.8 Å². The Morgan fingerprint density at radius 3 is 2.42 bits per heavy atom. The molecule has 2 aromatic rings. The van der Waals surface area contributed by atoms with E-state index in [1.165, 1.54) is 35.8 Å². The molecule has 104 valence electrons. The third-order valence-corrected chi connectivity index (χ3v) is 6.18. The summed E-state index contributed by atoms with van der Waals surface area (Å²) in [6, 6.07) is 2.78. The first-order valence-electron chi connectivity index (χ1n) is 5.24. The lowest BCUT2D eigenvalue weighted by Crippen LogP contribution is -2.02. The second-order valence-electron chi connectivity index (χ2n) is 4.12. The van der Waals surface area contributed by atoms with Crippen molar-refractivity contribution in [3.63, 3.8) is 0 Å². The second kappa shape index (κ2) is 4.77. The summed E-state index contributed by atoms with van der Waals surface area (Å²) in [6.45, 7) is 1.50. The molecule has 0 fully saturated rings. The van der Waals surface area contributed by atoms with Gasteiger partial charge in [-0.15, -0.1) is 0 Å². The van der Waals surface area contributed by atoms with Gasteiger partial charge in [-0.3, -0.25) is 0 Å². The molecule has 2 heterocycles. The molecular weight excluding hydrogens is 308 g/mol. The van der Waals surface area contributed by atoms with Gasteiger partial charge < -0.3 is 4.42 Å². The summed E-state index contributed by atoms with van der Waals surface area (Å²) in [6.07, 6.45) is 1.06. The molecule has 0 bridgehead atoms. The van der Waals surface area contributed by atoms with E-state index < -0.39 is 19.7 Å². The molecule has 0 radical (unpaired) electrons. The summed E-state index contributed by atoms with van der Waals surface area (Å²) in [4.78, 5) is 0.246. The SMILES string of the molecule is Cc1oc(CS(=O)(=O)c2ccsc2)cc1S(C)(=O)=O. The van der Waals surface area contributed by atoms with Crippen molar-refractivity contribution in [1.82, 2.24) is 0 Å². The largest absolute Gasteiger partial charge is 0.464 e. The first-order valence-corrected chi connectivity index (χ1v) is 9.73. The van der Waals surface area contributed by atoms with Gasteiger partial charge in [-0.2, -0.15) is 11.3 Å². The maximum absolute atomic E-state index is 12.0. The molecule has 5 nitrogen and oxygen atoms in total. The molecular formula is C11H12O5S3. The van der Waals surface area contributed by atoms with E-state index in [1.54, 1.807) is 5.38 Å². The van der Waals surface area contributed by atoms with Crippen LogP contribution in [-0.2, 0) is 25.4 Å². The Bertz CT molecular complexity index is 780. The number of furan rings is 1. The van der Waals surface area contributed by atoms with Crippen molar-refractivity contribution < 1.29 is 21.3 Å². The topological polar surface area (TPSA) is 81.4 Å². The van der Waals surface area contributed by atoms with Crippen molar-refractivity contribution in [2.75, 3.05) is 6.26 Å². The van der Waals surface area contributed by atoms with Crippen LogP contribution in [0.1, 0.15) is 11.5 Å². The van der Waals surface area contributed by atoms with E-state index in [1.807, 2.05) is 0 Å². The molecule has 0 unspecified atom stereocenters. The molecule has 0 saturated carbocycles. The van der Waals surface area contributed by atoms with Crippen molar-refractivity contribution in [2.24, 2.45) is 0 Å². The standard InChI is InChI=1S/C11H12O5S3/c1-8-11(18(2,12)13)5-9(16-8)7-19(14,15)10-3-4-17-6-10/h3-6H,7H2,1-2H3. The predicted molar refractivity (Wildman–Crippen MR) is 71.8 cm³/mol. The molecule has 2 aromatic heterocycles. The smallest absolute Gasteiger partial charge is 0.186 e.